The first kappa shape index (κ1) is 24.7. The molecule has 0 unspecified atom stereocenters. The average Bonchev–Trinajstić information content (AvgIpc) is 3.50. The second kappa shape index (κ2) is 10.9. The van der Waals surface area contributed by atoms with Crippen LogP contribution >= 0.6 is 34.3 Å². The number of thiophene rings is 2. The summed E-state index contributed by atoms with van der Waals surface area (Å²) >= 11 is 8.54. The predicted molar refractivity (Wildman–Crippen MR) is 143 cm³/mol. The third-order valence-electron chi connectivity index (χ3n) is 5.22. The van der Waals surface area contributed by atoms with Crippen LogP contribution in [0.15, 0.2) is 77.2 Å². The van der Waals surface area contributed by atoms with E-state index in [4.69, 9.17) is 11.6 Å². The standard InChI is InChI=1S/C26H22ClN3O3S2/c1-16(20-15-34-24(23(20)31)18-9-6-10-19(27)13-18)28-29-25(32)21-11-12-22(35-21)26(33)30(2)14-17-7-4-3-5-8-17/h3-13,15,31H,14H2,1-2H3,(H,29,32)/b28-16+. The van der Waals surface area contributed by atoms with Gasteiger partial charge in [0.05, 0.1) is 25.9 Å². The molecule has 0 atom stereocenters. The third-order valence-corrected chi connectivity index (χ3v) is 7.54. The molecule has 2 aromatic heterocycles. The first-order valence-electron chi connectivity index (χ1n) is 10.6. The van der Waals surface area contributed by atoms with E-state index in [1.807, 2.05) is 42.5 Å². The Balaban J connectivity index is 1.42. The molecular formula is C26H22ClN3O3S2. The molecule has 2 N–H and O–H groups in total. The summed E-state index contributed by atoms with van der Waals surface area (Å²) in [6, 6.07) is 20.2. The van der Waals surface area contributed by atoms with Crippen LogP contribution in [0.5, 0.6) is 5.75 Å². The third kappa shape index (κ3) is 5.79. The maximum absolute atomic E-state index is 12.8. The molecule has 0 spiro atoms. The van der Waals surface area contributed by atoms with Crippen molar-refractivity contribution in [3.05, 3.63) is 98.0 Å². The van der Waals surface area contributed by atoms with Crippen molar-refractivity contribution in [2.75, 3.05) is 7.05 Å². The molecule has 2 heterocycles. The number of benzene rings is 2. The number of hydrazone groups is 1. The Morgan fingerprint density at radius 1 is 1.06 bits per heavy atom. The van der Waals surface area contributed by atoms with Crippen molar-refractivity contribution in [2.45, 2.75) is 13.5 Å². The van der Waals surface area contributed by atoms with Gasteiger partial charge in [0.15, 0.2) is 0 Å². The maximum atomic E-state index is 12.8. The smallest absolute Gasteiger partial charge is 0.281 e. The van der Waals surface area contributed by atoms with Gasteiger partial charge in [0, 0.05) is 24.0 Å². The van der Waals surface area contributed by atoms with Gasteiger partial charge in [-0.25, -0.2) is 5.43 Å². The first-order chi connectivity index (χ1) is 16.8. The van der Waals surface area contributed by atoms with Crippen molar-refractivity contribution in [3.63, 3.8) is 0 Å². The van der Waals surface area contributed by atoms with E-state index >= 15 is 0 Å². The lowest BCUT2D eigenvalue weighted by Gasteiger charge is -2.16. The zero-order valence-corrected chi connectivity index (χ0v) is 21.4. The number of nitrogens with zero attached hydrogens (tertiary/aromatic N) is 2. The largest absolute Gasteiger partial charge is 0.506 e. The SMILES string of the molecule is C/C(=N\NC(=O)c1ccc(C(=O)N(C)Cc2ccccc2)s1)c1csc(-c2cccc(Cl)c2)c1O. The van der Waals surface area contributed by atoms with Crippen molar-refractivity contribution in [2.24, 2.45) is 5.10 Å². The maximum Gasteiger partial charge on any atom is 0.281 e. The molecular weight excluding hydrogens is 502 g/mol. The van der Waals surface area contributed by atoms with Gasteiger partial charge in [-0.15, -0.1) is 22.7 Å². The number of halogens is 1. The fourth-order valence-corrected chi connectivity index (χ4v) is 5.47. The first-order valence-corrected chi connectivity index (χ1v) is 12.7. The highest BCUT2D eigenvalue weighted by atomic mass is 35.5. The fraction of sp³-hybridized carbons (Fsp3) is 0.115. The van der Waals surface area contributed by atoms with E-state index in [9.17, 15) is 14.7 Å². The number of hydrogen-bond donors (Lipinski definition) is 2. The molecule has 0 aliphatic heterocycles. The van der Waals surface area contributed by atoms with Crippen LogP contribution in [0.3, 0.4) is 0 Å². The number of rotatable bonds is 7. The minimum absolute atomic E-state index is 0.0817. The Bertz CT molecular complexity index is 1400. The molecule has 4 rings (SSSR count). The summed E-state index contributed by atoms with van der Waals surface area (Å²) in [6.45, 7) is 2.18. The second-order valence-corrected chi connectivity index (χ2v) is 10.2. The van der Waals surface area contributed by atoms with E-state index in [1.54, 1.807) is 48.5 Å². The lowest BCUT2D eigenvalue weighted by molar-refractivity contribution is 0.0789. The zero-order chi connectivity index (χ0) is 24.9. The van der Waals surface area contributed by atoms with Crippen molar-refractivity contribution >= 4 is 51.8 Å². The van der Waals surface area contributed by atoms with Crippen LogP contribution in [-0.2, 0) is 6.54 Å². The summed E-state index contributed by atoms with van der Waals surface area (Å²) in [4.78, 5) is 28.5. The summed E-state index contributed by atoms with van der Waals surface area (Å²) in [5, 5.41) is 17.2. The molecule has 0 fully saturated rings. The van der Waals surface area contributed by atoms with E-state index in [0.29, 0.717) is 37.5 Å². The summed E-state index contributed by atoms with van der Waals surface area (Å²) in [5.74, 6) is -0.503. The van der Waals surface area contributed by atoms with E-state index < -0.39 is 5.91 Å². The van der Waals surface area contributed by atoms with Gasteiger partial charge in [-0.05, 0) is 42.3 Å². The molecule has 2 aromatic carbocycles. The molecule has 178 valence electrons. The summed E-state index contributed by atoms with van der Waals surface area (Å²) < 4.78 is 0. The Morgan fingerprint density at radius 2 is 1.80 bits per heavy atom. The van der Waals surface area contributed by atoms with Crippen molar-refractivity contribution in [1.29, 1.82) is 0 Å². The summed E-state index contributed by atoms with van der Waals surface area (Å²) in [5.41, 5.74) is 5.32. The zero-order valence-electron chi connectivity index (χ0n) is 19.0. The van der Waals surface area contributed by atoms with Crippen LogP contribution in [-0.4, -0.2) is 34.6 Å². The molecule has 4 aromatic rings. The minimum Gasteiger partial charge on any atom is -0.506 e. The highest BCUT2D eigenvalue weighted by molar-refractivity contribution is 7.16. The highest BCUT2D eigenvalue weighted by Crippen LogP contribution is 2.39. The lowest BCUT2D eigenvalue weighted by atomic mass is 10.1. The Morgan fingerprint density at radius 3 is 2.54 bits per heavy atom. The van der Waals surface area contributed by atoms with Gasteiger partial charge in [-0.3, -0.25) is 9.59 Å². The topological polar surface area (TPSA) is 82.0 Å². The van der Waals surface area contributed by atoms with Gasteiger partial charge in [-0.2, -0.15) is 5.10 Å². The van der Waals surface area contributed by atoms with Crippen LogP contribution in [0, 0.1) is 0 Å². The lowest BCUT2D eigenvalue weighted by Crippen LogP contribution is -2.25. The summed E-state index contributed by atoms with van der Waals surface area (Å²) in [6.07, 6.45) is 0. The molecule has 0 aliphatic rings. The summed E-state index contributed by atoms with van der Waals surface area (Å²) in [7, 11) is 1.73. The van der Waals surface area contributed by atoms with Crippen LogP contribution < -0.4 is 5.43 Å². The molecule has 35 heavy (non-hydrogen) atoms. The van der Waals surface area contributed by atoms with Gasteiger partial charge in [0.1, 0.15) is 5.75 Å². The molecule has 0 aliphatic carbocycles. The van der Waals surface area contributed by atoms with E-state index in [0.717, 1.165) is 22.5 Å². The van der Waals surface area contributed by atoms with Crippen LogP contribution in [0.1, 0.15) is 37.4 Å². The molecule has 0 saturated carbocycles. The van der Waals surface area contributed by atoms with Gasteiger partial charge in [0.25, 0.3) is 11.8 Å². The number of amides is 2. The van der Waals surface area contributed by atoms with Crippen molar-refractivity contribution in [1.82, 2.24) is 10.3 Å². The van der Waals surface area contributed by atoms with Crippen LogP contribution in [0.4, 0.5) is 0 Å². The van der Waals surface area contributed by atoms with E-state index in [2.05, 4.69) is 10.5 Å². The molecule has 0 bridgehead atoms. The predicted octanol–water partition coefficient (Wildman–Crippen LogP) is 6.26. The number of carbonyl (C=O) groups excluding carboxylic acids is 2. The Hall–Kier alpha value is -3.46. The van der Waals surface area contributed by atoms with Crippen LogP contribution in [0.25, 0.3) is 10.4 Å². The Kier molecular flexibility index (Phi) is 7.65. The van der Waals surface area contributed by atoms with Crippen molar-refractivity contribution < 1.29 is 14.7 Å². The average molecular weight is 524 g/mol. The number of carbonyl (C=O) groups is 2. The quantitative estimate of drug-likeness (QED) is 0.221. The molecule has 2 amide bonds. The number of nitrogens with one attached hydrogen (secondary N) is 1. The number of hydrogen-bond acceptors (Lipinski definition) is 6. The Labute approximate surface area is 216 Å². The normalized spacial score (nSPS) is 11.3. The van der Waals surface area contributed by atoms with Crippen LogP contribution in [0.2, 0.25) is 5.02 Å². The molecule has 0 radical (unpaired) electrons. The highest BCUT2D eigenvalue weighted by Gasteiger charge is 2.18. The second-order valence-electron chi connectivity index (χ2n) is 7.79. The van der Waals surface area contributed by atoms with E-state index in [1.165, 1.54) is 11.3 Å². The van der Waals surface area contributed by atoms with Gasteiger partial charge >= 0.3 is 0 Å². The van der Waals surface area contributed by atoms with Gasteiger partial charge < -0.3 is 10.0 Å². The van der Waals surface area contributed by atoms with E-state index in [-0.39, 0.29) is 11.7 Å². The fourth-order valence-electron chi connectivity index (χ4n) is 3.38. The van der Waals surface area contributed by atoms with Gasteiger partial charge in [0.2, 0.25) is 0 Å². The number of aromatic hydroxyl groups is 1. The molecule has 6 nitrogen and oxygen atoms in total. The monoisotopic (exact) mass is 523 g/mol. The van der Waals surface area contributed by atoms with Crippen molar-refractivity contribution in [3.8, 4) is 16.2 Å². The minimum atomic E-state index is -0.427. The molecule has 9 heteroatoms. The molecule has 0 saturated heterocycles. The van der Waals surface area contributed by atoms with Gasteiger partial charge in [-0.1, -0.05) is 54.1 Å².